The molecule has 0 aliphatic rings. The van der Waals surface area contributed by atoms with Crippen LogP contribution in [0.1, 0.15) is 46.4 Å². The van der Waals surface area contributed by atoms with Crippen LogP contribution in [0.15, 0.2) is 6.33 Å². The minimum Gasteiger partial charge on any atom is -0.319 e. The van der Waals surface area contributed by atoms with E-state index in [1.165, 1.54) is 12.8 Å². The van der Waals surface area contributed by atoms with Gasteiger partial charge in [-0.2, -0.15) is 5.10 Å². The Kier molecular flexibility index (Phi) is 5.79. The second-order valence-corrected chi connectivity index (χ2v) is 6.02. The smallest absolute Gasteiger partial charge is 0.138 e. The molecule has 1 atom stereocenters. The van der Waals surface area contributed by atoms with Gasteiger partial charge in [0, 0.05) is 19.5 Å². The van der Waals surface area contributed by atoms with E-state index in [4.69, 9.17) is 0 Å². The van der Waals surface area contributed by atoms with Crippen LogP contribution in [0.25, 0.3) is 0 Å². The number of nitrogens with zero attached hydrogens (tertiary/aromatic N) is 3. The molecule has 0 radical (unpaired) electrons. The molecule has 0 saturated carbocycles. The first-order chi connectivity index (χ1) is 8.50. The Morgan fingerprint density at radius 3 is 2.72 bits per heavy atom. The van der Waals surface area contributed by atoms with E-state index >= 15 is 0 Å². The molecule has 0 fully saturated rings. The molecule has 0 amide bonds. The van der Waals surface area contributed by atoms with Crippen molar-refractivity contribution in [3.8, 4) is 0 Å². The molecule has 1 rings (SSSR count). The molecule has 1 aromatic heterocycles. The summed E-state index contributed by atoms with van der Waals surface area (Å²) < 4.78 is 2.06. The normalized spacial score (nSPS) is 15.0. The first-order valence-electron chi connectivity index (χ1n) is 7.02. The zero-order valence-electron chi connectivity index (χ0n) is 12.5. The fourth-order valence-corrected chi connectivity index (χ4v) is 2.57. The summed E-state index contributed by atoms with van der Waals surface area (Å²) in [6, 6.07) is 0. The van der Waals surface area contributed by atoms with E-state index in [9.17, 15) is 0 Å². The highest BCUT2D eigenvalue weighted by Crippen LogP contribution is 2.26. The summed E-state index contributed by atoms with van der Waals surface area (Å²) in [6.45, 7) is 11.0. The average molecular weight is 252 g/mol. The van der Waals surface area contributed by atoms with Crippen LogP contribution >= 0.6 is 0 Å². The van der Waals surface area contributed by atoms with Gasteiger partial charge in [0.2, 0.25) is 0 Å². The first-order valence-corrected chi connectivity index (χ1v) is 7.02. The molecule has 0 bridgehead atoms. The van der Waals surface area contributed by atoms with Crippen molar-refractivity contribution in [2.75, 3.05) is 13.6 Å². The molecule has 4 nitrogen and oxygen atoms in total. The Bertz CT molecular complexity index is 337. The van der Waals surface area contributed by atoms with E-state index in [1.807, 2.05) is 7.05 Å². The molecular formula is C14H28N4. The quantitative estimate of drug-likeness (QED) is 0.773. The van der Waals surface area contributed by atoms with Gasteiger partial charge in [-0.25, -0.2) is 9.67 Å². The molecule has 1 N–H and O–H groups in total. The summed E-state index contributed by atoms with van der Waals surface area (Å²) in [6.07, 6.45) is 5.09. The third kappa shape index (κ3) is 4.41. The number of nitrogens with one attached hydrogen (secondary N) is 1. The van der Waals surface area contributed by atoms with E-state index < -0.39 is 0 Å². The van der Waals surface area contributed by atoms with Gasteiger partial charge in [0.1, 0.15) is 12.2 Å². The van der Waals surface area contributed by atoms with Crippen molar-refractivity contribution in [2.24, 2.45) is 11.3 Å². The van der Waals surface area contributed by atoms with Crippen LogP contribution in [0.5, 0.6) is 0 Å². The Morgan fingerprint density at radius 1 is 1.44 bits per heavy atom. The molecule has 4 heteroatoms. The topological polar surface area (TPSA) is 42.7 Å². The maximum atomic E-state index is 4.44. The molecule has 1 unspecified atom stereocenters. The van der Waals surface area contributed by atoms with Gasteiger partial charge < -0.3 is 5.32 Å². The lowest BCUT2D eigenvalue weighted by atomic mass is 9.82. The van der Waals surface area contributed by atoms with Crippen molar-refractivity contribution >= 4 is 0 Å². The molecule has 0 aliphatic carbocycles. The minimum atomic E-state index is 0.269. The number of hydrogen-bond donors (Lipinski definition) is 1. The van der Waals surface area contributed by atoms with E-state index in [1.54, 1.807) is 6.33 Å². The Balaban J connectivity index is 2.77. The maximum absolute atomic E-state index is 4.44. The fraction of sp³-hybridized carbons (Fsp3) is 0.857. The lowest BCUT2D eigenvalue weighted by Gasteiger charge is -2.28. The first kappa shape index (κ1) is 15.2. The predicted octanol–water partition coefficient (Wildman–Crippen LogP) is 2.50. The summed E-state index contributed by atoms with van der Waals surface area (Å²) in [5.41, 5.74) is 0.269. The van der Waals surface area contributed by atoms with E-state index in [0.29, 0.717) is 5.92 Å². The maximum Gasteiger partial charge on any atom is 0.138 e. The van der Waals surface area contributed by atoms with Gasteiger partial charge in [-0.3, -0.25) is 0 Å². The lowest BCUT2D eigenvalue weighted by Crippen LogP contribution is -2.33. The van der Waals surface area contributed by atoms with Gasteiger partial charge in [0.25, 0.3) is 0 Å². The van der Waals surface area contributed by atoms with Crippen LogP contribution in [0.3, 0.4) is 0 Å². The van der Waals surface area contributed by atoms with Gasteiger partial charge in [-0.15, -0.1) is 0 Å². The van der Waals surface area contributed by atoms with Crippen LogP contribution < -0.4 is 5.32 Å². The number of rotatable bonds is 8. The second kappa shape index (κ2) is 6.88. The fourth-order valence-electron chi connectivity index (χ4n) is 2.57. The van der Waals surface area contributed by atoms with Gasteiger partial charge in [-0.05, 0) is 24.8 Å². The van der Waals surface area contributed by atoms with E-state index in [0.717, 1.165) is 25.3 Å². The molecule has 104 valence electrons. The summed E-state index contributed by atoms with van der Waals surface area (Å²) in [5, 5.41) is 7.65. The van der Waals surface area contributed by atoms with E-state index in [2.05, 4.69) is 47.8 Å². The SMILES string of the molecule is CCCC(C)(CNC)Cc1ncnn1CC(C)C. The zero-order chi connectivity index (χ0) is 13.6. The molecule has 18 heavy (non-hydrogen) atoms. The van der Waals surface area contributed by atoms with Crippen molar-refractivity contribution in [3.63, 3.8) is 0 Å². The van der Waals surface area contributed by atoms with Crippen molar-refractivity contribution in [2.45, 2.75) is 53.5 Å². The van der Waals surface area contributed by atoms with Crippen LogP contribution in [-0.4, -0.2) is 28.4 Å². The molecule has 0 spiro atoms. The van der Waals surface area contributed by atoms with Crippen LogP contribution in [0.2, 0.25) is 0 Å². The predicted molar refractivity (Wildman–Crippen MR) is 75.5 cm³/mol. The van der Waals surface area contributed by atoms with Crippen molar-refractivity contribution in [1.82, 2.24) is 20.1 Å². The van der Waals surface area contributed by atoms with Crippen molar-refractivity contribution in [3.05, 3.63) is 12.2 Å². The van der Waals surface area contributed by atoms with Gasteiger partial charge in [-0.1, -0.05) is 34.1 Å². The molecule has 0 saturated heterocycles. The number of aromatic nitrogens is 3. The molecule has 0 aromatic carbocycles. The average Bonchev–Trinajstić information content (AvgIpc) is 2.65. The Morgan fingerprint density at radius 2 is 2.17 bits per heavy atom. The molecule has 1 heterocycles. The summed E-state index contributed by atoms with van der Waals surface area (Å²) in [4.78, 5) is 4.44. The van der Waals surface area contributed by atoms with Crippen LogP contribution in [-0.2, 0) is 13.0 Å². The Hall–Kier alpha value is -0.900. The summed E-state index contributed by atoms with van der Waals surface area (Å²) in [5.74, 6) is 1.72. The lowest BCUT2D eigenvalue weighted by molar-refractivity contribution is 0.270. The molecule has 1 aromatic rings. The zero-order valence-corrected chi connectivity index (χ0v) is 12.5. The van der Waals surface area contributed by atoms with Crippen LogP contribution in [0, 0.1) is 11.3 Å². The Labute approximate surface area is 111 Å². The standard InChI is InChI=1S/C14H28N4/c1-6-7-14(4,10-15-5)8-13-16-11-17-18(13)9-12(2)3/h11-12,15H,6-10H2,1-5H3. The monoisotopic (exact) mass is 252 g/mol. The second-order valence-electron chi connectivity index (χ2n) is 6.02. The van der Waals surface area contributed by atoms with Gasteiger partial charge in [0.15, 0.2) is 0 Å². The van der Waals surface area contributed by atoms with Crippen LogP contribution in [0.4, 0.5) is 0 Å². The third-order valence-electron chi connectivity index (χ3n) is 3.28. The van der Waals surface area contributed by atoms with E-state index in [-0.39, 0.29) is 5.41 Å². The van der Waals surface area contributed by atoms with Gasteiger partial charge in [0.05, 0.1) is 0 Å². The number of hydrogen-bond acceptors (Lipinski definition) is 3. The molecule has 0 aliphatic heterocycles. The third-order valence-corrected chi connectivity index (χ3v) is 3.28. The minimum absolute atomic E-state index is 0.269. The van der Waals surface area contributed by atoms with Crippen molar-refractivity contribution < 1.29 is 0 Å². The highest BCUT2D eigenvalue weighted by molar-refractivity contribution is 4.93. The summed E-state index contributed by atoms with van der Waals surface area (Å²) in [7, 11) is 2.02. The highest BCUT2D eigenvalue weighted by atomic mass is 15.3. The highest BCUT2D eigenvalue weighted by Gasteiger charge is 2.25. The van der Waals surface area contributed by atoms with Gasteiger partial charge >= 0.3 is 0 Å². The largest absolute Gasteiger partial charge is 0.319 e. The van der Waals surface area contributed by atoms with Crippen molar-refractivity contribution in [1.29, 1.82) is 0 Å². The molecular weight excluding hydrogens is 224 g/mol. The summed E-state index contributed by atoms with van der Waals surface area (Å²) >= 11 is 0.